The Balaban J connectivity index is 0.770. The number of benzene rings is 2. The molecule has 4 aromatic rings. The predicted molar refractivity (Wildman–Crippen MR) is 185 cm³/mol. The maximum absolute atomic E-state index is 13.3. The van der Waals surface area contributed by atoms with Crippen molar-refractivity contribution in [2.45, 2.75) is 31.7 Å². The molecule has 4 saturated heterocycles. The zero-order valence-corrected chi connectivity index (χ0v) is 27.7. The number of nitro groups is 1. The third-order valence-corrected chi connectivity index (χ3v) is 11.2. The number of nitro benzene ring substituents is 1. The number of rotatable bonds is 7. The van der Waals surface area contributed by atoms with E-state index in [1.54, 1.807) is 30.5 Å². The smallest absolute Gasteiger partial charge is 0.270 e. The third kappa shape index (κ3) is 5.30. The maximum atomic E-state index is 13.3. The number of aromatic amines is 1. The molecule has 15 heteroatoms. The molecule has 4 amide bonds. The van der Waals surface area contributed by atoms with E-state index in [-0.39, 0.29) is 23.9 Å². The van der Waals surface area contributed by atoms with Crippen molar-refractivity contribution in [3.05, 3.63) is 76.0 Å². The maximum Gasteiger partial charge on any atom is 0.270 e. The molecule has 2 aromatic heterocycles. The lowest BCUT2D eigenvalue weighted by Gasteiger charge is -2.61. The fourth-order valence-corrected chi connectivity index (χ4v) is 8.63. The molecule has 51 heavy (non-hydrogen) atoms. The lowest BCUT2D eigenvalue weighted by molar-refractivity contribution is -0.384. The molecule has 15 nitrogen and oxygen atoms in total. The van der Waals surface area contributed by atoms with Gasteiger partial charge in [0.1, 0.15) is 17.6 Å². The Morgan fingerprint density at radius 3 is 2.43 bits per heavy atom. The highest BCUT2D eigenvalue weighted by atomic mass is 16.6. The van der Waals surface area contributed by atoms with Crippen molar-refractivity contribution in [3.8, 4) is 11.3 Å². The van der Waals surface area contributed by atoms with Gasteiger partial charge in [-0.15, -0.1) is 0 Å². The number of pyridine rings is 1. The van der Waals surface area contributed by atoms with Gasteiger partial charge in [-0.05, 0) is 61.6 Å². The highest BCUT2D eigenvalue weighted by molar-refractivity contribution is 6.23. The fraction of sp³-hybridized carbons (Fsp3) is 0.389. The summed E-state index contributed by atoms with van der Waals surface area (Å²) in [5.41, 5.74) is 4.09. The summed E-state index contributed by atoms with van der Waals surface area (Å²) in [4.78, 5) is 74.0. The van der Waals surface area contributed by atoms with E-state index >= 15 is 0 Å². The minimum Gasteiger partial charge on any atom is -0.371 e. The summed E-state index contributed by atoms with van der Waals surface area (Å²) in [6.07, 6.45) is 4.06. The van der Waals surface area contributed by atoms with Gasteiger partial charge in [-0.3, -0.25) is 44.6 Å². The minimum absolute atomic E-state index is 0.0290. The molecule has 260 valence electrons. The fourth-order valence-electron chi connectivity index (χ4n) is 8.63. The number of H-pyrrole nitrogens is 1. The van der Waals surface area contributed by atoms with E-state index in [4.69, 9.17) is 0 Å². The van der Waals surface area contributed by atoms with Gasteiger partial charge >= 0.3 is 0 Å². The Morgan fingerprint density at radius 2 is 1.67 bits per heavy atom. The number of carbonyl (C=O) groups is 4. The number of aromatic nitrogens is 3. The molecule has 4 fully saturated rings. The quantitative estimate of drug-likeness (QED) is 0.166. The summed E-state index contributed by atoms with van der Waals surface area (Å²) >= 11 is 0. The lowest BCUT2D eigenvalue weighted by atomic mass is 9.72. The Morgan fingerprint density at radius 1 is 0.882 bits per heavy atom. The van der Waals surface area contributed by atoms with E-state index in [0.717, 1.165) is 86.1 Å². The monoisotopic (exact) mass is 689 g/mol. The van der Waals surface area contributed by atoms with E-state index in [2.05, 4.69) is 35.2 Å². The summed E-state index contributed by atoms with van der Waals surface area (Å²) in [7, 11) is 0. The van der Waals surface area contributed by atoms with Crippen LogP contribution in [0.5, 0.6) is 0 Å². The normalized spacial score (nSPS) is 22.0. The van der Waals surface area contributed by atoms with Crippen molar-refractivity contribution in [1.29, 1.82) is 0 Å². The number of hydrogen-bond donors (Lipinski definition) is 2. The van der Waals surface area contributed by atoms with Crippen molar-refractivity contribution in [2.75, 3.05) is 55.6 Å². The molecule has 2 aromatic carbocycles. The van der Waals surface area contributed by atoms with Gasteiger partial charge in [0.15, 0.2) is 0 Å². The summed E-state index contributed by atoms with van der Waals surface area (Å²) in [6, 6.07) is 13.0. The van der Waals surface area contributed by atoms with Gasteiger partial charge < -0.3 is 14.7 Å². The van der Waals surface area contributed by atoms with Gasteiger partial charge in [-0.25, -0.2) is 4.98 Å². The molecule has 9 rings (SSSR count). The molecule has 0 saturated carbocycles. The van der Waals surface area contributed by atoms with Crippen LogP contribution in [-0.2, 0) is 9.59 Å². The van der Waals surface area contributed by atoms with Crippen LogP contribution >= 0.6 is 0 Å². The molecule has 7 heterocycles. The van der Waals surface area contributed by atoms with Crippen LogP contribution in [0.25, 0.3) is 22.2 Å². The zero-order valence-electron chi connectivity index (χ0n) is 27.7. The SMILES string of the molecule is O=C1CCC(N2C(=O)c3ccc(N4CCC(CN5CC6(C5)CN(c5cc(-c7n[nH]c8ccc([N+](=O)[O-])cc78)ccn5)C6)CC4)cc3C2=O)C(=O)N1. The van der Waals surface area contributed by atoms with Crippen LogP contribution in [0, 0.1) is 21.4 Å². The lowest BCUT2D eigenvalue weighted by Crippen LogP contribution is -2.72. The zero-order chi connectivity index (χ0) is 35.0. The number of nitrogens with one attached hydrogen (secondary N) is 2. The molecule has 1 atom stereocenters. The van der Waals surface area contributed by atoms with Crippen LogP contribution in [-0.4, -0.2) is 105 Å². The van der Waals surface area contributed by atoms with E-state index in [1.807, 2.05) is 18.2 Å². The van der Waals surface area contributed by atoms with Crippen LogP contribution in [0.15, 0.2) is 54.7 Å². The van der Waals surface area contributed by atoms with E-state index < -0.39 is 34.6 Å². The molecule has 0 bridgehead atoms. The molecule has 0 radical (unpaired) electrons. The van der Waals surface area contributed by atoms with Gasteiger partial charge in [-0.1, -0.05) is 0 Å². The van der Waals surface area contributed by atoms with E-state index in [1.165, 1.54) is 6.07 Å². The largest absolute Gasteiger partial charge is 0.371 e. The minimum atomic E-state index is -0.968. The van der Waals surface area contributed by atoms with Gasteiger partial charge in [-0.2, -0.15) is 5.10 Å². The summed E-state index contributed by atoms with van der Waals surface area (Å²) < 4.78 is 0. The number of piperidine rings is 2. The van der Waals surface area contributed by atoms with Gasteiger partial charge in [0.25, 0.3) is 17.5 Å². The first-order valence-electron chi connectivity index (χ1n) is 17.3. The molecule has 0 aliphatic carbocycles. The number of hydrogen-bond acceptors (Lipinski definition) is 11. The second-order valence-electron chi connectivity index (χ2n) is 14.6. The van der Waals surface area contributed by atoms with Gasteiger partial charge in [0.05, 0.1) is 21.6 Å². The number of non-ortho nitro benzene ring substituents is 1. The first-order chi connectivity index (χ1) is 24.6. The second kappa shape index (κ2) is 11.7. The van der Waals surface area contributed by atoms with Gasteiger partial charge in [0, 0.05) is 92.6 Å². The van der Waals surface area contributed by atoms with Crippen LogP contribution in [0.1, 0.15) is 46.4 Å². The highest BCUT2D eigenvalue weighted by Gasteiger charge is 2.52. The standard InChI is InChI=1S/C36H35N9O6/c46-31-6-5-29(33(47)38-31)44-34(48)25-3-1-23(14-26(25)35(44)49)42-11-8-21(9-12-42)16-41-17-36(18-41)19-43(20-36)30-13-22(7-10-37-30)32-27-15-24(45(50)51)2-4-28(27)39-40-32/h1-4,7,10,13-15,21,29H,5-6,8-9,11-12,16-20H2,(H,39,40)(H,38,46,47). The predicted octanol–water partition coefficient (Wildman–Crippen LogP) is 2.97. The molecule has 1 unspecified atom stereocenters. The van der Waals surface area contributed by atoms with Crippen molar-refractivity contribution in [1.82, 2.24) is 30.3 Å². The van der Waals surface area contributed by atoms with Crippen LogP contribution in [0.3, 0.4) is 0 Å². The molecule has 5 aliphatic rings. The van der Waals surface area contributed by atoms with Crippen LogP contribution < -0.4 is 15.1 Å². The summed E-state index contributed by atoms with van der Waals surface area (Å²) in [5.74, 6) is -0.506. The van der Waals surface area contributed by atoms with Crippen molar-refractivity contribution < 1.29 is 24.1 Å². The van der Waals surface area contributed by atoms with E-state index in [0.29, 0.717) is 28.1 Å². The Bertz CT molecular complexity index is 2140. The van der Waals surface area contributed by atoms with Crippen LogP contribution in [0.2, 0.25) is 0 Å². The topological polar surface area (TPSA) is 178 Å². The van der Waals surface area contributed by atoms with Crippen molar-refractivity contribution >= 4 is 51.7 Å². The Labute approximate surface area is 291 Å². The third-order valence-electron chi connectivity index (χ3n) is 11.2. The Hall–Kier alpha value is -5.70. The number of amides is 4. The number of fused-ring (bicyclic) bond motifs is 2. The van der Waals surface area contributed by atoms with E-state index in [9.17, 15) is 29.3 Å². The highest BCUT2D eigenvalue weighted by Crippen LogP contribution is 2.43. The van der Waals surface area contributed by atoms with Crippen molar-refractivity contribution in [3.63, 3.8) is 0 Å². The molecule has 1 spiro atoms. The first kappa shape index (κ1) is 31.3. The number of likely N-dealkylation sites (tertiary alicyclic amines) is 1. The number of nitrogens with zero attached hydrogens (tertiary/aromatic N) is 7. The summed E-state index contributed by atoms with van der Waals surface area (Å²) in [6.45, 7) is 6.76. The average Bonchev–Trinajstić information content (AvgIpc) is 3.63. The average molecular weight is 690 g/mol. The number of carbonyl (C=O) groups excluding carboxylic acids is 4. The summed E-state index contributed by atoms with van der Waals surface area (Å²) in [5, 5.41) is 21.7. The van der Waals surface area contributed by atoms with Gasteiger partial charge in [0.2, 0.25) is 11.8 Å². The van der Waals surface area contributed by atoms with Crippen LogP contribution in [0.4, 0.5) is 17.2 Å². The first-order valence-corrected chi connectivity index (χ1v) is 17.3. The molecular weight excluding hydrogens is 654 g/mol. The number of imide groups is 2. The molecule has 5 aliphatic heterocycles. The molecule has 2 N–H and O–H groups in total. The van der Waals surface area contributed by atoms with Crippen molar-refractivity contribution in [2.24, 2.45) is 11.3 Å². The number of anilines is 2. The second-order valence-corrected chi connectivity index (χ2v) is 14.6. The molecular formula is C36H35N9O6. The Kier molecular flexibility index (Phi) is 7.17.